The minimum atomic E-state index is 0.0107. The molecule has 2 fully saturated rings. The molecule has 0 bridgehead atoms. The quantitative estimate of drug-likeness (QED) is 0.511. The molecule has 31 heavy (non-hydrogen) atoms. The van der Waals surface area contributed by atoms with Crippen LogP contribution in [-0.4, -0.2) is 40.9 Å². The third kappa shape index (κ3) is 5.71. The number of piperidine rings is 1. The van der Waals surface area contributed by atoms with Gasteiger partial charge >= 0.3 is 0 Å². The SMILES string of the molecule is Cc1cccnc1[C@H]1CCC[C@@H](c2ncccc2C)N1CCCCOC1CCCCO1. The Hall–Kier alpha value is -1.82. The molecule has 2 saturated heterocycles. The Bertz CT molecular complexity index is 768. The molecule has 0 radical (unpaired) electrons. The highest BCUT2D eigenvalue weighted by Gasteiger charge is 2.34. The summed E-state index contributed by atoms with van der Waals surface area (Å²) in [5.41, 5.74) is 5.03. The van der Waals surface area contributed by atoms with E-state index in [1.807, 2.05) is 24.5 Å². The fourth-order valence-corrected chi connectivity index (χ4v) is 5.10. The van der Waals surface area contributed by atoms with Crippen molar-refractivity contribution in [3.05, 3.63) is 59.2 Å². The lowest BCUT2D eigenvalue weighted by atomic mass is 9.88. The van der Waals surface area contributed by atoms with Crippen molar-refractivity contribution in [2.24, 2.45) is 0 Å². The lowest BCUT2D eigenvalue weighted by Crippen LogP contribution is -2.38. The van der Waals surface area contributed by atoms with Gasteiger partial charge in [-0.3, -0.25) is 14.9 Å². The molecule has 0 aromatic carbocycles. The van der Waals surface area contributed by atoms with Gasteiger partial charge in [-0.1, -0.05) is 12.1 Å². The first-order chi connectivity index (χ1) is 15.2. The first-order valence-corrected chi connectivity index (χ1v) is 12.1. The van der Waals surface area contributed by atoms with E-state index in [1.165, 1.54) is 35.4 Å². The number of likely N-dealkylation sites (tertiary alicyclic amines) is 1. The molecule has 0 N–H and O–H groups in total. The van der Waals surface area contributed by atoms with Gasteiger partial charge in [0.25, 0.3) is 0 Å². The topological polar surface area (TPSA) is 47.5 Å². The van der Waals surface area contributed by atoms with Gasteiger partial charge in [-0.25, -0.2) is 0 Å². The summed E-state index contributed by atoms with van der Waals surface area (Å²) in [5, 5.41) is 0. The molecule has 3 atom stereocenters. The van der Waals surface area contributed by atoms with E-state index in [4.69, 9.17) is 19.4 Å². The number of aromatic nitrogens is 2. The van der Waals surface area contributed by atoms with Crippen molar-refractivity contribution in [1.82, 2.24) is 14.9 Å². The van der Waals surface area contributed by atoms with E-state index in [0.717, 1.165) is 58.3 Å². The molecule has 0 saturated carbocycles. The number of unbranched alkanes of at least 4 members (excludes halogenated alkanes) is 1. The van der Waals surface area contributed by atoms with Crippen molar-refractivity contribution in [3.63, 3.8) is 0 Å². The lowest BCUT2D eigenvalue weighted by Gasteiger charge is -2.42. The summed E-state index contributed by atoms with van der Waals surface area (Å²) in [4.78, 5) is 12.3. The predicted molar refractivity (Wildman–Crippen MR) is 123 cm³/mol. The number of hydrogen-bond acceptors (Lipinski definition) is 5. The zero-order valence-corrected chi connectivity index (χ0v) is 19.1. The Kier molecular flexibility index (Phi) is 8.06. The number of hydrogen-bond donors (Lipinski definition) is 0. The van der Waals surface area contributed by atoms with Gasteiger partial charge in [0.15, 0.2) is 6.29 Å². The summed E-state index contributed by atoms with van der Waals surface area (Å²) in [6.07, 6.45) is 13.0. The first kappa shape index (κ1) is 22.4. The Morgan fingerprint density at radius 2 is 1.58 bits per heavy atom. The van der Waals surface area contributed by atoms with Crippen molar-refractivity contribution in [3.8, 4) is 0 Å². The van der Waals surface area contributed by atoms with Crippen LogP contribution in [0.3, 0.4) is 0 Å². The van der Waals surface area contributed by atoms with Gasteiger partial charge in [0.2, 0.25) is 0 Å². The number of pyridine rings is 2. The van der Waals surface area contributed by atoms with Crippen molar-refractivity contribution in [2.75, 3.05) is 19.8 Å². The number of ether oxygens (including phenoxy) is 2. The summed E-state index contributed by atoms with van der Waals surface area (Å²) in [6, 6.07) is 9.16. The molecule has 0 spiro atoms. The Morgan fingerprint density at radius 1 is 0.903 bits per heavy atom. The van der Waals surface area contributed by atoms with E-state index in [1.54, 1.807) is 0 Å². The fraction of sp³-hybridized carbons (Fsp3) is 0.615. The first-order valence-electron chi connectivity index (χ1n) is 12.1. The molecular weight excluding hydrogens is 386 g/mol. The maximum Gasteiger partial charge on any atom is 0.157 e. The molecule has 168 valence electrons. The summed E-state index contributed by atoms with van der Waals surface area (Å²) in [5.74, 6) is 0. The molecule has 0 amide bonds. The molecule has 1 unspecified atom stereocenters. The molecule has 2 aliphatic rings. The van der Waals surface area contributed by atoms with Crippen LogP contribution in [0.2, 0.25) is 0 Å². The third-order valence-electron chi connectivity index (χ3n) is 6.74. The predicted octanol–water partition coefficient (Wildman–Crippen LogP) is 5.69. The monoisotopic (exact) mass is 423 g/mol. The minimum absolute atomic E-state index is 0.0107. The number of nitrogens with zero attached hydrogens (tertiary/aromatic N) is 3. The average Bonchev–Trinajstić information content (AvgIpc) is 2.80. The summed E-state index contributed by atoms with van der Waals surface area (Å²) in [7, 11) is 0. The van der Waals surface area contributed by atoms with Crippen LogP contribution in [0.15, 0.2) is 36.7 Å². The molecule has 0 aliphatic carbocycles. The second-order valence-electron chi connectivity index (χ2n) is 8.99. The average molecular weight is 424 g/mol. The fourth-order valence-electron chi connectivity index (χ4n) is 5.10. The number of rotatable bonds is 8. The van der Waals surface area contributed by atoms with Gasteiger partial charge in [0.1, 0.15) is 0 Å². The van der Waals surface area contributed by atoms with Gasteiger partial charge in [-0.15, -0.1) is 0 Å². The lowest BCUT2D eigenvalue weighted by molar-refractivity contribution is -0.163. The van der Waals surface area contributed by atoms with Gasteiger partial charge in [0, 0.05) is 25.6 Å². The smallest absolute Gasteiger partial charge is 0.157 e. The van der Waals surface area contributed by atoms with Crippen LogP contribution in [0, 0.1) is 13.8 Å². The summed E-state index contributed by atoms with van der Waals surface area (Å²) >= 11 is 0. The maximum atomic E-state index is 5.97. The zero-order chi connectivity index (χ0) is 21.5. The Morgan fingerprint density at radius 3 is 2.16 bits per heavy atom. The van der Waals surface area contributed by atoms with Crippen LogP contribution in [0.25, 0.3) is 0 Å². The molecular formula is C26H37N3O2. The highest BCUT2D eigenvalue weighted by Crippen LogP contribution is 2.42. The minimum Gasteiger partial charge on any atom is -0.353 e. The van der Waals surface area contributed by atoms with Gasteiger partial charge in [-0.2, -0.15) is 0 Å². The van der Waals surface area contributed by atoms with Crippen molar-refractivity contribution in [2.45, 2.75) is 83.6 Å². The highest BCUT2D eigenvalue weighted by atomic mass is 16.7. The highest BCUT2D eigenvalue weighted by molar-refractivity contribution is 5.25. The van der Waals surface area contributed by atoms with Crippen molar-refractivity contribution in [1.29, 1.82) is 0 Å². The molecule has 4 rings (SSSR count). The van der Waals surface area contributed by atoms with Crippen LogP contribution < -0.4 is 0 Å². The van der Waals surface area contributed by atoms with Crippen molar-refractivity contribution >= 4 is 0 Å². The van der Waals surface area contributed by atoms with Gasteiger partial charge in [0.05, 0.1) is 23.5 Å². The van der Waals surface area contributed by atoms with E-state index >= 15 is 0 Å². The molecule has 2 aromatic rings. The van der Waals surface area contributed by atoms with E-state index < -0.39 is 0 Å². The molecule has 2 aromatic heterocycles. The van der Waals surface area contributed by atoms with E-state index in [2.05, 4.69) is 30.9 Å². The van der Waals surface area contributed by atoms with Gasteiger partial charge in [-0.05, 0) is 95.0 Å². The van der Waals surface area contributed by atoms with Crippen LogP contribution in [0.1, 0.15) is 86.0 Å². The van der Waals surface area contributed by atoms with Gasteiger partial charge < -0.3 is 9.47 Å². The van der Waals surface area contributed by atoms with E-state index in [9.17, 15) is 0 Å². The largest absolute Gasteiger partial charge is 0.353 e. The van der Waals surface area contributed by atoms with Crippen LogP contribution >= 0.6 is 0 Å². The van der Waals surface area contributed by atoms with Crippen molar-refractivity contribution < 1.29 is 9.47 Å². The Labute approximate surface area is 187 Å². The van der Waals surface area contributed by atoms with E-state index in [0.29, 0.717) is 12.1 Å². The summed E-state index contributed by atoms with van der Waals surface area (Å²) < 4.78 is 11.7. The Balaban J connectivity index is 1.45. The summed E-state index contributed by atoms with van der Waals surface area (Å²) in [6.45, 7) is 7.03. The van der Waals surface area contributed by atoms with Crippen LogP contribution in [0.4, 0.5) is 0 Å². The number of aryl methyl sites for hydroxylation is 2. The molecule has 5 nitrogen and oxygen atoms in total. The zero-order valence-electron chi connectivity index (χ0n) is 19.1. The molecule has 2 aliphatic heterocycles. The standard InChI is InChI=1S/C26H37N3O2/c1-20-10-8-15-27-25(20)22-12-7-13-23(26-21(2)11-9-16-28-26)29(22)17-4-6-19-31-24-14-3-5-18-30-24/h8-11,15-16,22-24H,3-7,12-14,17-19H2,1-2H3/t22-,23+,24?. The van der Waals surface area contributed by atoms with Crippen LogP contribution in [-0.2, 0) is 9.47 Å². The molecule has 5 heteroatoms. The second kappa shape index (κ2) is 11.2. The normalized spacial score (nSPS) is 24.9. The van der Waals surface area contributed by atoms with E-state index in [-0.39, 0.29) is 6.29 Å². The second-order valence-corrected chi connectivity index (χ2v) is 8.99. The van der Waals surface area contributed by atoms with Crippen LogP contribution in [0.5, 0.6) is 0 Å². The molecule has 4 heterocycles. The maximum absolute atomic E-state index is 5.97. The third-order valence-corrected chi connectivity index (χ3v) is 6.74.